The summed E-state index contributed by atoms with van der Waals surface area (Å²) in [6.07, 6.45) is 1.92. The standard InChI is InChI=1S/C29H32FN3O/c1-20-21(2)33(16-6-15-32(3)4)28-14-11-23(18-27(20)28)17-22-9-12-24(13-10-22)29(34)31-26-8-5-7-25(30)19-26/h5,7-14,18-19H,6,15-17H2,1-4H3,(H,31,34). The van der Waals surface area contributed by atoms with Crippen molar-refractivity contribution in [3.8, 4) is 0 Å². The van der Waals surface area contributed by atoms with Gasteiger partial charge in [-0.15, -0.1) is 0 Å². The normalized spacial score (nSPS) is 11.4. The SMILES string of the molecule is Cc1c(C)n(CCCN(C)C)c2ccc(Cc3ccc(C(=O)Nc4cccc(F)c4)cc3)cc12. The van der Waals surface area contributed by atoms with Crippen molar-refractivity contribution >= 4 is 22.5 Å². The third-order valence-electron chi connectivity index (χ3n) is 6.40. The second-order valence-corrected chi connectivity index (χ2v) is 9.21. The molecule has 4 nitrogen and oxygen atoms in total. The molecule has 0 unspecified atom stereocenters. The summed E-state index contributed by atoms with van der Waals surface area (Å²) in [4.78, 5) is 14.7. The van der Waals surface area contributed by atoms with Crippen LogP contribution in [-0.4, -0.2) is 36.0 Å². The van der Waals surface area contributed by atoms with E-state index in [0.717, 1.165) is 31.5 Å². The highest BCUT2D eigenvalue weighted by Crippen LogP contribution is 2.27. The van der Waals surface area contributed by atoms with Crippen molar-refractivity contribution in [1.82, 2.24) is 9.47 Å². The summed E-state index contributed by atoms with van der Waals surface area (Å²) in [5.74, 6) is -0.625. The minimum atomic E-state index is -0.376. The Morgan fingerprint density at radius 2 is 1.71 bits per heavy atom. The van der Waals surface area contributed by atoms with Gasteiger partial charge >= 0.3 is 0 Å². The van der Waals surface area contributed by atoms with Gasteiger partial charge < -0.3 is 14.8 Å². The molecule has 1 N–H and O–H groups in total. The molecule has 1 amide bonds. The van der Waals surface area contributed by atoms with Crippen LogP contribution in [0.3, 0.4) is 0 Å². The lowest BCUT2D eigenvalue weighted by Gasteiger charge is -2.12. The number of carbonyl (C=O) groups is 1. The molecule has 0 bridgehead atoms. The summed E-state index contributed by atoms with van der Waals surface area (Å²) in [7, 11) is 4.23. The predicted octanol–water partition coefficient (Wildman–Crippen LogP) is 6.19. The Balaban J connectivity index is 1.47. The number of aromatic nitrogens is 1. The van der Waals surface area contributed by atoms with Crippen LogP contribution in [-0.2, 0) is 13.0 Å². The molecule has 0 radical (unpaired) electrons. The van der Waals surface area contributed by atoms with E-state index in [1.807, 2.05) is 24.3 Å². The van der Waals surface area contributed by atoms with Crippen LogP contribution in [0.25, 0.3) is 10.9 Å². The highest BCUT2D eigenvalue weighted by Gasteiger charge is 2.12. The van der Waals surface area contributed by atoms with Gasteiger partial charge in [0.2, 0.25) is 0 Å². The van der Waals surface area contributed by atoms with E-state index in [2.05, 4.69) is 60.9 Å². The van der Waals surface area contributed by atoms with Crippen LogP contribution in [0.15, 0.2) is 66.7 Å². The first kappa shape index (κ1) is 23.7. The molecule has 0 aliphatic heterocycles. The van der Waals surface area contributed by atoms with E-state index in [9.17, 15) is 9.18 Å². The number of aryl methyl sites for hydroxylation is 2. The Morgan fingerprint density at radius 3 is 2.41 bits per heavy atom. The third-order valence-corrected chi connectivity index (χ3v) is 6.40. The zero-order valence-electron chi connectivity index (χ0n) is 20.4. The second kappa shape index (κ2) is 10.2. The van der Waals surface area contributed by atoms with Gasteiger partial charge in [0, 0.05) is 34.4 Å². The number of fused-ring (bicyclic) bond motifs is 1. The number of amides is 1. The first-order valence-corrected chi connectivity index (χ1v) is 11.7. The molecular weight excluding hydrogens is 425 g/mol. The monoisotopic (exact) mass is 457 g/mol. The van der Waals surface area contributed by atoms with Crippen molar-refractivity contribution in [2.75, 3.05) is 26.0 Å². The third kappa shape index (κ3) is 5.37. The molecule has 176 valence electrons. The molecule has 0 aliphatic rings. The van der Waals surface area contributed by atoms with Crippen LogP contribution < -0.4 is 5.32 Å². The van der Waals surface area contributed by atoms with Crippen LogP contribution in [0, 0.1) is 19.7 Å². The van der Waals surface area contributed by atoms with Crippen molar-refractivity contribution in [2.24, 2.45) is 0 Å². The highest BCUT2D eigenvalue weighted by atomic mass is 19.1. The van der Waals surface area contributed by atoms with E-state index < -0.39 is 0 Å². The quantitative estimate of drug-likeness (QED) is 0.342. The van der Waals surface area contributed by atoms with E-state index in [-0.39, 0.29) is 11.7 Å². The molecule has 0 saturated carbocycles. The summed E-state index contributed by atoms with van der Waals surface area (Å²) in [6, 6.07) is 20.2. The summed E-state index contributed by atoms with van der Waals surface area (Å²) >= 11 is 0. The van der Waals surface area contributed by atoms with E-state index in [1.54, 1.807) is 12.1 Å². The van der Waals surface area contributed by atoms with Crippen LogP contribution in [0.5, 0.6) is 0 Å². The number of benzene rings is 3. The summed E-state index contributed by atoms with van der Waals surface area (Å²) in [5, 5.41) is 4.05. The molecule has 0 fully saturated rings. The minimum Gasteiger partial charge on any atom is -0.345 e. The van der Waals surface area contributed by atoms with Crippen molar-refractivity contribution in [2.45, 2.75) is 33.2 Å². The van der Waals surface area contributed by atoms with E-state index in [4.69, 9.17) is 0 Å². The van der Waals surface area contributed by atoms with Crippen LogP contribution in [0.2, 0.25) is 0 Å². The Labute approximate surface area is 201 Å². The lowest BCUT2D eigenvalue weighted by molar-refractivity contribution is 0.102. The molecule has 5 heteroatoms. The number of anilines is 1. The second-order valence-electron chi connectivity index (χ2n) is 9.21. The number of carbonyl (C=O) groups excluding carboxylic acids is 1. The molecule has 4 aromatic rings. The maximum atomic E-state index is 13.4. The van der Waals surface area contributed by atoms with Gasteiger partial charge in [0.05, 0.1) is 0 Å². The lowest BCUT2D eigenvalue weighted by atomic mass is 10.0. The number of nitrogens with zero attached hydrogens (tertiary/aromatic N) is 2. The summed E-state index contributed by atoms with van der Waals surface area (Å²) < 4.78 is 15.8. The first-order valence-electron chi connectivity index (χ1n) is 11.7. The van der Waals surface area contributed by atoms with Gasteiger partial charge in [-0.05, 0) is 106 Å². The minimum absolute atomic E-state index is 0.250. The van der Waals surface area contributed by atoms with E-state index in [0.29, 0.717) is 11.3 Å². The Kier molecular flexibility index (Phi) is 7.13. The fraction of sp³-hybridized carbons (Fsp3) is 0.276. The molecule has 1 aromatic heterocycles. The summed E-state index contributed by atoms with van der Waals surface area (Å²) in [6.45, 7) is 6.51. The molecule has 0 aliphatic carbocycles. The summed E-state index contributed by atoms with van der Waals surface area (Å²) in [5.41, 5.74) is 7.35. The first-order chi connectivity index (χ1) is 16.3. The van der Waals surface area contributed by atoms with Crippen LogP contribution >= 0.6 is 0 Å². The largest absolute Gasteiger partial charge is 0.345 e. The van der Waals surface area contributed by atoms with Crippen molar-refractivity contribution in [1.29, 1.82) is 0 Å². The van der Waals surface area contributed by atoms with Gasteiger partial charge in [-0.1, -0.05) is 24.3 Å². The average molecular weight is 458 g/mol. The zero-order chi connectivity index (χ0) is 24.2. The zero-order valence-corrected chi connectivity index (χ0v) is 20.4. The van der Waals surface area contributed by atoms with Gasteiger partial charge in [0.15, 0.2) is 0 Å². The van der Waals surface area contributed by atoms with Gasteiger partial charge in [-0.25, -0.2) is 4.39 Å². The average Bonchev–Trinajstić information content (AvgIpc) is 3.04. The molecule has 4 rings (SSSR count). The topological polar surface area (TPSA) is 37.3 Å². The van der Waals surface area contributed by atoms with Crippen molar-refractivity contribution in [3.63, 3.8) is 0 Å². The van der Waals surface area contributed by atoms with E-state index in [1.165, 1.54) is 39.9 Å². The Morgan fingerprint density at radius 1 is 0.971 bits per heavy atom. The fourth-order valence-corrected chi connectivity index (χ4v) is 4.42. The van der Waals surface area contributed by atoms with E-state index >= 15 is 0 Å². The van der Waals surface area contributed by atoms with Gasteiger partial charge in [0.1, 0.15) is 5.82 Å². The maximum Gasteiger partial charge on any atom is 0.255 e. The number of nitrogens with one attached hydrogen (secondary N) is 1. The van der Waals surface area contributed by atoms with Crippen molar-refractivity contribution in [3.05, 3.63) is 100 Å². The number of halogens is 1. The molecule has 0 atom stereocenters. The molecule has 3 aromatic carbocycles. The number of rotatable bonds is 8. The number of hydrogen-bond donors (Lipinski definition) is 1. The fourth-order valence-electron chi connectivity index (χ4n) is 4.42. The Bertz CT molecular complexity index is 1310. The van der Waals surface area contributed by atoms with Gasteiger partial charge in [-0.2, -0.15) is 0 Å². The van der Waals surface area contributed by atoms with Crippen LogP contribution in [0.4, 0.5) is 10.1 Å². The van der Waals surface area contributed by atoms with Gasteiger partial charge in [0.25, 0.3) is 5.91 Å². The smallest absolute Gasteiger partial charge is 0.255 e. The molecule has 34 heavy (non-hydrogen) atoms. The number of hydrogen-bond acceptors (Lipinski definition) is 2. The van der Waals surface area contributed by atoms with Crippen molar-refractivity contribution < 1.29 is 9.18 Å². The van der Waals surface area contributed by atoms with Gasteiger partial charge in [-0.3, -0.25) is 4.79 Å². The molecule has 0 spiro atoms. The molecule has 1 heterocycles. The molecular formula is C29H32FN3O. The highest BCUT2D eigenvalue weighted by molar-refractivity contribution is 6.04. The predicted molar refractivity (Wildman–Crippen MR) is 138 cm³/mol. The Hall–Kier alpha value is -3.44. The molecule has 0 saturated heterocycles. The lowest BCUT2D eigenvalue weighted by Crippen LogP contribution is -2.15. The van der Waals surface area contributed by atoms with Crippen LogP contribution in [0.1, 0.15) is 39.2 Å². The maximum absolute atomic E-state index is 13.4.